The Bertz CT molecular complexity index is 490. The van der Waals surface area contributed by atoms with Crippen molar-refractivity contribution in [2.45, 2.75) is 26.2 Å². The number of benzene rings is 1. The predicted octanol–water partition coefficient (Wildman–Crippen LogP) is 3.33. The van der Waals surface area contributed by atoms with E-state index in [0.717, 1.165) is 23.6 Å². The van der Waals surface area contributed by atoms with Crippen molar-refractivity contribution in [2.75, 3.05) is 18.5 Å². The molecule has 0 unspecified atom stereocenters. The Morgan fingerprint density at radius 2 is 2.21 bits per heavy atom. The highest BCUT2D eigenvalue weighted by Crippen LogP contribution is 2.29. The van der Waals surface area contributed by atoms with Crippen molar-refractivity contribution in [3.8, 4) is 0 Å². The van der Waals surface area contributed by atoms with Gasteiger partial charge in [-0.1, -0.05) is 12.5 Å². The standard InChI is InChI=1S/C16H21NO2/c1-12-10-15(17(2)11-13-4-3-5-13)8-6-14(12)7-9-16(18)19/h6-10,13H,3-5,11H2,1-2H3,(H,18,19). The van der Waals surface area contributed by atoms with E-state index in [9.17, 15) is 4.79 Å². The maximum atomic E-state index is 10.5. The third-order valence-electron chi connectivity index (χ3n) is 3.86. The van der Waals surface area contributed by atoms with Gasteiger partial charge in [-0.3, -0.25) is 0 Å². The minimum Gasteiger partial charge on any atom is -0.478 e. The van der Waals surface area contributed by atoms with Crippen molar-refractivity contribution in [2.24, 2.45) is 5.92 Å². The maximum absolute atomic E-state index is 10.5. The molecule has 0 heterocycles. The van der Waals surface area contributed by atoms with Gasteiger partial charge in [-0.25, -0.2) is 4.79 Å². The molecule has 0 bridgehead atoms. The van der Waals surface area contributed by atoms with Crippen LogP contribution in [0.3, 0.4) is 0 Å². The minimum atomic E-state index is -0.912. The molecule has 2 rings (SSSR count). The molecule has 0 aromatic heterocycles. The van der Waals surface area contributed by atoms with Crippen LogP contribution in [-0.2, 0) is 4.79 Å². The average molecular weight is 259 g/mol. The molecule has 1 fully saturated rings. The van der Waals surface area contributed by atoms with Crippen molar-refractivity contribution in [3.63, 3.8) is 0 Å². The van der Waals surface area contributed by atoms with E-state index in [1.165, 1.54) is 31.0 Å². The number of aliphatic carboxylic acids is 1. The van der Waals surface area contributed by atoms with E-state index in [1.54, 1.807) is 6.08 Å². The molecule has 1 N–H and O–H groups in total. The molecule has 1 saturated carbocycles. The highest BCUT2D eigenvalue weighted by Gasteiger charge is 2.19. The van der Waals surface area contributed by atoms with Gasteiger partial charge in [0.05, 0.1) is 0 Å². The summed E-state index contributed by atoms with van der Waals surface area (Å²) in [5, 5.41) is 8.65. The lowest BCUT2D eigenvalue weighted by atomic mass is 9.85. The van der Waals surface area contributed by atoms with E-state index in [2.05, 4.69) is 24.1 Å². The lowest BCUT2D eigenvalue weighted by Gasteiger charge is -2.31. The van der Waals surface area contributed by atoms with Gasteiger partial charge in [0.2, 0.25) is 0 Å². The molecule has 0 atom stereocenters. The smallest absolute Gasteiger partial charge is 0.328 e. The Balaban J connectivity index is 2.06. The summed E-state index contributed by atoms with van der Waals surface area (Å²) in [5.74, 6) is -0.0672. The van der Waals surface area contributed by atoms with E-state index >= 15 is 0 Å². The SMILES string of the molecule is Cc1cc(N(C)CC2CCC2)ccc1C=CC(=O)O. The molecular weight excluding hydrogens is 238 g/mol. The number of nitrogens with zero attached hydrogens (tertiary/aromatic N) is 1. The van der Waals surface area contributed by atoms with Crippen LogP contribution < -0.4 is 4.90 Å². The van der Waals surface area contributed by atoms with E-state index in [-0.39, 0.29) is 0 Å². The third-order valence-corrected chi connectivity index (χ3v) is 3.86. The first-order valence-corrected chi connectivity index (χ1v) is 6.79. The number of carboxylic acid groups (broad SMARTS) is 1. The Kier molecular flexibility index (Phi) is 4.25. The number of hydrogen-bond acceptors (Lipinski definition) is 2. The summed E-state index contributed by atoms with van der Waals surface area (Å²) in [4.78, 5) is 12.8. The van der Waals surface area contributed by atoms with Crippen molar-refractivity contribution in [3.05, 3.63) is 35.4 Å². The second-order valence-corrected chi connectivity index (χ2v) is 5.39. The zero-order valence-corrected chi connectivity index (χ0v) is 11.6. The first-order chi connectivity index (χ1) is 9.06. The molecule has 1 aliphatic rings. The van der Waals surface area contributed by atoms with Crippen molar-refractivity contribution < 1.29 is 9.90 Å². The molecule has 3 nitrogen and oxygen atoms in total. The summed E-state index contributed by atoms with van der Waals surface area (Å²) in [7, 11) is 2.12. The van der Waals surface area contributed by atoms with Gasteiger partial charge >= 0.3 is 5.97 Å². The number of anilines is 1. The predicted molar refractivity (Wildman–Crippen MR) is 78.5 cm³/mol. The second kappa shape index (κ2) is 5.91. The van der Waals surface area contributed by atoms with Crippen LogP contribution in [0.4, 0.5) is 5.69 Å². The van der Waals surface area contributed by atoms with Crippen LogP contribution in [0.15, 0.2) is 24.3 Å². The van der Waals surface area contributed by atoms with Crippen molar-refractivity contribution in [1.82, 2.24) is 0 Å². The number of carboxylic acids is 1. The molecule has 19 heavy (non-hydrogen) atoms. The summed E-state index contributed by atoms with van der Waals surface area (Å²) in [6.07, 6.45) is 6.90. The molecular formula is C16H21NO2. The molecule has 3 heteroatoms. The van der Waals surface area contributed by atoms with Crippen molar-refractivity contribution in [1.29, 1.82) is 0 Å². The van der Waals surface area contributed by atoms with E-state index in [4.69, 9.17) is 5.11 Å². The molecule has 1 aromatic carbocycles. The molecule has 0 amide bonds. The van der Waals surface area contributed by atoms with Gasteiger partial charge in [0, 0.05) is 25.4 Å². The number of rotatable bonds is 5. The van der Waals surface area contributed by atoms with Gasteiger partial charge in [0.25, 0.3) is 0 Å². The topological polar surface area (TPSA) is 40.5 Å². The van der Waals surface area contributed by atoms with Gasteiger partial charge in [0.15, 0.2) is 0 Å². The number of hydrogen-bond donors (Lipinski definition) is 1. The molecule has 0 aliphatic heterocycles. The van der Waals surface area contributed by atoms with Crippen molar-refractivity contribution >= 4 is 17.7 Å². The Morgan fingerprint density at radius 3 is 2.74 bits per heavy atom. The molecule has 1 aliphatic carbocycles. The van der Waals surface area contributed by atoms with Crippen LogP contribution in [0.25, 0.3) is 6.08 Å². The van der Waals surface area contributed by atoms with Crippen LogP contribution in [0.2, 0.25) is 0 Å². The molecule has 0 saturated heterocycles. The Labute approximate surface area is 114 Å². The van der Waals surface area contributed by atoms with E-state index in [0.29, 0.717) is 0 Å². The van der Waals surface area contributed by atoms with Gasteiger partial charge in [-0.05, 0) is 55.0 Å². The van der Waals surface area contributed by atoms with Crippen LogP contribution >= 0.6 is 0 Å². The van der Waals surface area contributed by atoms with Crippen LogP contribution in [0, 0.1) is 12.8 Å². The first-order valence-electron chi connectivity index (χ1n) is 6.79. The lowest BCUT2D eigenvalue weighted by molar-refractivity contribution is -0.131. The number of aryl methyl sites for hydroxylation is 1. The monoisotopic (exact) mass is 259 g/mol. The normalized spacial score (nSPS) is 15.5. The van der Waals surface area contributed by atoms with E-state index < -0.39 is 5.97 Å². The first kappa shape index (κ1) is 13.7. The zero-order chi connectivity index (χ0) is 13.8. The van der Waals surface area contributed by atoms with Gasteiger partial charge in [0.1, 0.15) is 0 Å². The quantitative estimate of drug-likeness (QED) is 0.825. The van der Waals surface area contributed by atoms with E-state index in [1.807, 2.05) is 13.0 Å². The summed E-state index contributed by atoms with van der Waals surface area (Å²) in [5.41, 5.74) is 3.27. The average Bonchev–Trinajstić information content (AvgIpc) is 2.31. The van der Waals surface area contributed by atoms with Crippen LogP contribution in [0.5, 0.6) is 0 Å². The second-order valence-electron chi connectivity index (χ2n) is 5.39. The van der Waals surface area contributed by atoms with Gasteiger partial charge in [-0.2, -0.15) is 0 Å². The summed E-state index contributed by atoms with van der Waals surface area (Å²) in [6.45, 7) is 3.13. The number of carbonyl (C=O) groups is 1. The fourth-order valence-electron chi connectivity index (χ4n) is 2.41. The molecule has 1 aromatic rings. The Morgan fingerprint density at radius 1 is 1.47 bits per heavy atom. The minimum absolute atomic E-state index is 0.844. The fraction of sp³-hybridized carbons (Fsp3) is 0.438. The Hall–Kier alpha value is -1.77. The van der Waals surface area contributed by atoms with Gasteiger partial charge < -0.3 is 10.0 Å². The summed E-state index contributed by atoms with van der Waals surface area (Å²) >= 11 is 0. The summed E-state index contributed by atoms with van der Waals surface area (Å²) < 4.78 is 0. The summed E-state index contributed by atoms with van der Waals surface area (Å²) in [6, 6.07) is 6.18. The maximum Gasteiger partial charge on any atom is 0.328 e. The molecule has 102 valence electrons. The lowest BCUT2D eigenvalue weighted by Crippen LogP contribution is -2.29. The molecule has 0 radical (unpaired) electrons. The molecule has 0 spiro atoms. The highest BCUT2D eigenvalue weighted by molar-refractivity contribution is 5.85. The largest absolute Gasteiger partial charge is 0.478 e. The zero-order valence-electron chi connectivity index (χ0n) is 11.6. The van der Waals surface area contributed by atoms with Crippen LogP contribution in [-0.4, -0.2) is 24.7 Å². The van der Waals surface area contributed by atoms with Gasteiger partial charge in [-0.15, -0.1) is 0 Å². The third kappa shape index (κ3) is 3.60. The van der Waals surface area contributed by atoms with Crippen LogP contribution in [0.1, 0.15) is 30.4 Å². The highest BCUT2D eigenvalue weighted by atomic mass is 16.4. The fourth-order valence-corrected chi connectivity index (χ4v) is 2.41.